The van der Waals surface area contributed by atoms with Crippen LogP contribution in [0.5, 0.6) is 0 Å². The van der Waals surface area contributed by atoms with Crippen LogP contribution in [0.2, 0.25) is 0 Å². The summed E-state index contributed by atoms with van der Waals surface area (Å²) >= 11 is 0. The van der Waals surface area contributed by atoms with E-state index in [1.165, 1.54) is 18.6 Å². The van der Waals surface area contributed by atoms with Crippen LogP contribution in [-0.4, -0.2) is 41.9 Å². The molecule has 86 valence electrons. The molecule has 7 nitrogen and oxygen atoms in total. The number of hydrogen-bond donors (Lipinski definition) is 0. The van der Waals surface area contributed by atoms with Crippen molar-refractivity contribution in [1.29, 1.82) is 0 Å². The summed E-state index contributed by atoms with van der Waals surface area (Å²) in [7, 11) is -3.71. The average molecular weight is 243 g/mol. The van der Waals surface area contributed by atoms with Crippen molar-refractivity contribution in [1.82, 2.24) is 14.3 Å². The lowest BCUT2D eigenvalue weighted by molar-refractivity contribution is 0.170. The molecule has 1 fully saturated rings. The van der Waals surface area contributed by atoms with Gasteiger partial charge in [0.15, 0.2) is 0 Å². The molecule has 2 rings (SSSR count). The van der Waals surface area contributed by atoms with Crippen molar-refractivity contribution < 1.29 is 17.9 Å². The van der Waals surface area contributed by atoms with E-state index in [0.717, 1.165) is 0 Å². The Hall–Kier alpha value is -1.70. The molecule has 0 aliphatic carbocycles. The molecule has 1 amide bonds. The fourth-order valence-electron chi connectivity index (χ4n) is 1.30. The van der Waals surface area contributed by atoms with E-state index in [1.54, 1.807) is 0 Å². The second kappa shape index (κ2) is 4.05. The molecule has 1 aromatic heterocycles. The Morgan fingerprint density at radius 3 is 2.81 bits per heavy atom. The Balaban J connectivity index is 2.18. The first kappa shape index (κ1) is 10.8. The zero-order chi connectivity index (χ0) is 11.6. The van der Waals surface area contributed by atoms with Crippen LogP contribution in [0.3, 0.4) is 0 Å². The molecule has 1 aliphatic rings. The quantitative estimate of drug-likeness (QED) is 0.727. The van der Waals surface area contributed by atoms with E-state index in [2.05, 4.69) is 14.7 Å². The fraction of sp³-hybridized carbons (Fsp3) is 0.375. The van der Waals surface area contributed by atoms with Gasteiger partial charge in [0.1, 0.15) is 12.4 Å². The number of aromatic nitrogens is 2. The van der Waals surface area contributed by atoms with Crippen LogP contribution in [0.25, 0.3) is 0 Å². The van der Waals surface area contributed by atoms with E-state index in [4.69, 9.17) is 0 Å². The zero-order valence-corrected chi connectivity index (χ0v) is 9.05. The highest BCUT2D eigenvalue weighted by Crippen LogP contribution is 2.13. The van der Waals surface area contributed by atoms with Crippen molar-refractivity contribution in [3.05, 3.63) is 24.3 Å². The molecule has 1 aliphatic heterocycles. The van der Waals surface area contributed by atoms with Crippen molar-refractivity contribution in [3.8, 4) is 0 Å². The smallest absolute Gasteiger partial charge is 0.423 e. The van der Waals surface area contributed by atoms with Gasteiger partial charge >= 0.3 is 6.09 Å². The van der Waals surface area contributed by atoms with E-state index in [0.29, 0.717) is 10.00 Å². The molecule has 0 aromatic carbocycles. The molecule has 0 spiro atoms. The highest BCUT2D eigenvalue weighted by molar-refractivity contribution is 7.88. The van der Waals surface area contributed by atoms with Gasteiger partial charge in [-0.3, -0.25) is 9.97 Å². The predicted octanol–water partition coefficient (Wildman–Crippen LogP) is -0.241. The van der Waals surface area contributed by atoms with E-state index in [1.807, 2.05) is 0 Å². The lowest BCUT2D eigenvalue weighted by Crippen LogP contribution is -2.32. The van der Waals surface area contributed by atoms with Crippen molar-refractivity contribution >= 4 is 16.1 Å². The molecule has 0 bridgehead atoms. The van der Waals surface area contributed by atoms with Crippen LogP contribution < -0.4 is 0 Å². The second-order valence-electron chi connectivity index (χ2n) is 3.14. The molecule has 1 aromatic rings. The summed E-state index contributed by atoms with van der Waals surface area (Å²) in [4.78, 5) is 18.7. The summed E-state index contributed by atoms with van der Waals surface area (Å²) in [5, 5.41) is 0. The van der Waals surface area contributed by atoms with Gasteiger partial charge in [0.05, 0.1) is 12.2 Å². The molecular formula is C8H9N3O4S. The monoisotopic (exact) mass is 243 g/mol. The largest absolute Gasteiger partial charge is 0.447 e. The maximum absolute atomic E-state index is 11.8. The minimum Gasteiger partial charge on any atom is -0.447 e. The van der Waals surface area contributed by atoms with E-state index in [9.17, 15) is 13.2 Å². The predicted molar refractivity (Wildman–Crippen MR) is 52.7 cm³/mol. The summed E-state index contributed by atoms with van der Waals surface area (Å²) < 4.78 is 28.8. The number of cyclic esters (lactones) is 1. The van der Waals surface area contributed by atoms with Gasteiger partial charge in [0, 0.05) is 18.6 Å². The van der Waals surface area contributed by atoms with Gasteiger partial charge in [-0.15, -0.1) is 0 Å². The van der Waals surface area contributed by atoms with Gasteiger partial charge in [-0.2, -0.15) is 0 Å². The van der Waals surface area contributed by atoms with Gasteiger partial charge in [0.25, 0.3) is 0 Å². The van der Waals surface area contributed by atoms with Crippen LogP contribution in [0.15, 0.2) is 18.6 Å². The fourth-order valence-corrected chi connectivity index (χ4v) is 2.61. The molecule has 8 heteroatoms. The number of rotatable bonds is 3. The lowest BCUT2D eigenvalue weighted by Gasteiger charge is -2.12. The number of carbonyl (C=O) groups excluding carboxylic acids is 1. The highest BCUT2D eigenvalue weighted by Gasteiger charge is 2.33. The standard InChI is InChI=1S/C8H9N3O4S/c12-8-11(3-4-15-8)16(13,14)6-7-5-9-1-2-10-7/h1-2,5H,3-4,6H2. The molecule has 0 radical (unpaired) electrons. The molecule has 2 heterocycles. The first-order chi connectivity index (χ1) is 7.59. The van der Waals surface area contributed by atoms with Gasteiger partial charge in [-0.05, 0) is 0 Å². The third kappa shape index (κ3) is 2.11. The van der Waals surface area contributed by atoms with Crippen molar-refractivity contribution in [2.24, 2.45) is 0 Å². The van der Waals surface area contributed by atoms with Crippen LogP contribution in [0, 0.1) is 0 Å². The Labute approximate surface area is 92.1 Å². The Bertz CT molecular complexity index is 487. The summed E-state index contributed by atoms with van der Waals surface area (Å²) in [5.74, 6) is -0.351. The summed E-state index contributed by atoms with van der Waals surface area (Å²) in [6.45, 7) is 0.153. The van der Waals surface area contributed by atoms with Crippen molar-refractivity contribution in [3.63, 3.8) is 0 Å². The minimum absolute atomic E-state index is 0.0570. The minimum atomic E-state index is -3.71. The third-order valence-corrected chi connectivity index (χ3v) is 3.67. The number of carbonyl (C=O) groups is 1. The molecular weight excluding hydrogens is 234 g/mol. The van der Waals surface area contributed by atoms with Crippen LogP contribution >= 0.6 is 0 Å². The van der Waals surface area contributed by atoms with Gasteiger partial charge in [0.2, 0.25) is 10.0 Å². The second-order valence-corrected chi connectivity index (χ2v) is 5.03. The highest BCUT2D eigenvalue weighted by atomic mass is 32.2. The first-order valence-corrected chi connectivity index (χ1v) is 6.12. The number of ether oxygens (including phenoxy) is 1. The molecule has 1 saturated heterocycles. The van der Waals surface area contributed by atoms with E-state index >= 15 is 0 Å². The first-order valence-electron chi connectivity index (χ1n) is 4.52. The molecule has 0 unspecified atom stereocenters. The van der Waals surface area contributed by atoms with Crippen LogP contribution in [0.1, 0.15) is 5.69 Å². The number of nitrogens with zero attached hydrogens (tertiary/aromatic N) is 3. The molecule has 0 N–H and O–H groups in total. The molecule has 16 heavy (non-hydrogen) atoms. The number of amides is 1. The van der Waals surface area contributed by atoms with Crippen molar-refractivity contribution in [2.45, 2.75) is 5.75 Å². The third-order valence-electron chi connectivity index (χ3n) is 2.01. The lowest BCUT2D eigenvalue weighted by atomic mass is 10.5. The number of hydrogen-bond acceptors (Lipinski definition) is 6. The summed E-state index contributed by atoms with van der Waals surface area (Å²) in [5.41, 5.74) is 0.294. The normalized spacial score (nSPS) is 16.2. The molecule has 0 atom stereocenters. The van der Waals surface area contributed by atoms with E-state index in [-0.39, 0.29) is 18.9 Å². The van der Waals surface area contributed by atoms with E-state index < -0.39 is 16.1 Å². The van der Waals surface area contributed by atoms with Gasteiger partial charge < -0.3 is 4.74 Å². The summed E-state index contributed by atoms with van der Waals surface area (Å²) in [6, 6.07) is 0. The van der Waals surface area contributed by atoms with Crippen LogP contribution in [0.4, 0.5) is 4.79 Å². The SMILES string of the molecule is O=C1OCCN1S(=O)(=O)Cc1cnccn1. The van der Waals surface area contributed by atoms with Crippen LogP contribution in [-0.2, 0) is 20.5 Å². The topological polar surface area (TPSA) is 89.5 Å². The van der Waals surface area contributed by atoms with Crippen molar-refractivity contribution in [2.75, 3.05) is 13.2 Å². The Kier molecular flexibility index (Phi) is 2.73. The Morgan fingerprint density at radius 1 is 1.44 bits per heavy atom. The number of sulfonamides is 1. The maximum atomic E-state index is 11.8. The Morgan fingerprint density at radius 2 is 2.25 bits per heavy atom. The maximum Gasteiger partial charge on any atom is 0.423 e. The average Bonchev–Trinajstić information content (AvgIpc) is 2.66. The van der Waals surface area contributed by atoms with Gasteiger partial charge in [-0.1, -0.05) is 0 Å². The van der Waals surface area contributed by atoms with Gasteiger partial charge in [-0.25, -0.2) is 17.5 Å². The molecule has 0 saturated carbocycles. The zero-order valence-electron chi connectivity index (χ0n) is 8.24. The summed E-state index contributed by atoms with van der Waals surface area (Å²) in [6.07, 6.45) is 3.36.